The Labute approximate surface area is 72.8 Å². The van der Waals surface area contributed by atoms with Crippen LogP contribution >= 0.6 is 24.4 Å². The van der Waals surface area contributed by atoms with Gasteiger partial charge in [-0.3, -0.25) is 0 Å². The molecule has 10 heavy (non-hydrogen) atoms. The molecular formula is C7H15NS2. The second-order valence-electron chi connectivity index (χ2n) is 2.59. The minimum Gasteiger partial charge on any atom is -0.315 e. The van der Waals surface area contributed by atoms with Gasteiger partial charge in [-0.15, -0.1) is 0 Å². The zero-order chi connectivity index (χ0) is 7.40. The van der Waals surface area contributed by atoms with Gasteiger partial charge in [0.05, 0.1) is 0 Å². The lowest BCUT2D eigenvalue weighted by atomic mass is 10.2. The Balaban J connectivity index is 2.24. The first kappa shape index (κ1) is 8.75. The van der Waals surface area contributed by atoms with Gasteiger partial charge in [-0.25, -0.2) is 0 Å². The molecule has 0 spiro atoms. The van der Waals surface area contributed by atoms with Crippen molar-refractivity contribution in [2.24, 2.45) is 0 Å². The topological polar surface area (TPSA) is 12.0 Å². The van der Waals surface area contributed by atoms with Crippen LogP contribution in [0.5, 0.6) is 0 Å². The van der Waals surface area contributed by atoms with Gasteiger partial charge in [-0.05, 0) is 6.42 Å². The fourth-order valence-corrected chi connectivity index (χ4v) is 2.67. The summed E-state index contributed by atoms with van der Waals surface area (Å²) in [5.74, 6) is 1.25. The zero-order valence-corrected chi connectivity index (χ0v) is 8.05. The number of nitrogens with one attached hydrogen (secondary N) is 1. The fourth-order valence-electron chi connectivity index (χ4n) is 1.10. The maximum absolute atomic E-state index is 4.51. The Bertz CT molecular complexity index is 91.6. The molecular weight excluding hydrogens is 162 g/mol. The summed E-state index contributed by atoms with van der Waals surface area (Å²) in [5.41, 5.74) is 0. The van der Waals surface area contributed by atoms with E-state index >= 15 is 0 Å². The van der Waals surface area contributed by atoms with E-state index in [-0.39, 0.29) is 0 Å². The number of thioether (sulfide) groups is 1. The van der Waals surface area contributed by atoms with Crippen molar-refractivity contribution >= 4 is 24.4 Å². The first-order valence-corrected chi connectivity index (χ1v) is 5.41. The normalized spacial score (nSPS) is 30.0. The van der Waals surface area contributed by atoms with Crippen molar-refractivity contribution in [3.63, 3.8) is 0 Å². The number of rotatable bonds is 2. The van der Waals surface area contributed by atoms with Gasteiger partial charge in [-0.1, -0.05) is 6.92 Å². The van der Waals surface area contributed by atoms with Crippen molar-refractivity contribution < 1.29 is 0 Å². The molecule has 0 aromatic rings. The second kappa shape index (κ2) is 4.52. The molecule has 0 aromatic heterocycles. The molecule has 0 bridgehead atoms. The standard InChI is InChI=1S/C7H15NS2/c1-2-6(9)7-5-8-3-4-10-7/h6-9H,2-5H2,1H3. The molecule has 0 saturated carbocycles. The van der Waals surface area contributed by atoms with Crippen LogP contribution in [0.25, 0.3) is 0 Å². The third-order valence-corrected chi connectivity index (χ3v) is 4.09. The Morgan fingerprint density at radius 1 is 1.80 bits per heavy atom. The Morgan fingerprint density at radius 3 is 3.10 bits per heavy atom. The molecule has 2 unspecified atom stereocenters. The van der Waals surface area contributed by atoms with Gasteiger partial charge in [0, 0.05) is 29.3 Å². The van der Waals surface area contributed by atoms with Crippen molar-refractivity contribution in [3.05, 3.63) is 0 Å². The minimum atomic E-state index is 0.581. The average Bonchev–Trinajstić information content (AvgIpc) is 2.05. The Kier molecular flexibility index (Phi) is 3.96. The Morgan fingerprint density at radius 2 is 2.60 bits per heavy atom. The summed E-state index contributed by atoms with van der Waals surface area (Å²) in [6, 6.07) is 0. The van der Waals surface area contributed by atoms with Gasteiger partial charge in [0.2, 0.25) is 0 Å². The van der Waals surface area contributed by atoms with Crippen LogP contribution in [0.1, 0.15) is 13.3 Å². The molecule has 1 nitrogen and oxygen atoms in total. The number of hydrogen-bond acceptors (Lipinski definition) is 3. The molecule has 60 valence electrons. The predicted octanol–water partition coefficient (Wildman–Crippen LogP) is 1.40. The van der Waals surface area contributed by atoms with E-state index in [4.69, 9.17) is 0 Å². The zero-order valence-electron chi connectivity index (χ0n) is 6.34. The smallest absolute Gasteiger partial charge is 0.0289 e. The monoisotopic (exact) mass is 177 g/mol. The van der Waals surface area contributed by atoms with E-state index in [1.54, 1.807) is 0 Å². The van der Waals surface area contributed by atoms with Crippen molar-refractivity contribution in [2.45, 2.75) is 23.8 Å². The van der Waals surface area contributed by atoms with Crippen molar-refractivity contribution in [3.8, 4) is 0 Å². The van der Waals surface area contributed by atoms with Crippen LogP contribution < -0.4 is 5.32 Å². The molecule has 1 fully saturated rings. The van der Waals surface area contributed by atoms with E-state index in [1.807, 2.05) is 0 Å². The van der Waals surface area contributed by atoms with E-state index in [1.165, 1.54) is 18.7 Å². The lowest BCUT2D eigenvalue weighted by molar-refractivity contribution is 0.642. The van der Waals surface area contributed by atoms with Gasteiger partial charge in [0.25, 0.3) is 0 Å². The second-order valence-corrected chi connectivity index (χ2v) is 4.60. The Hall–Kier alpha value is 0.660. The van der Waals surface area contributed by atoms with Crippen LogP contribution in [0.15, 0.2) is 0 Å². The SMILES string of the molecule is CCC(S)C1CNCCS1. The molecule has 3 heteroatoms. The molecule has 1 aliphatic heterocycles. The van der Waals surface area contributed by atoms with Crippen LogP contribution in [0.3, 0.4) is 0 Å². The first-order chi connectivity index (χ1) is 4.84. The van der Waals surface area contributed by atoms with E-state index < -0.39 is 0 Å². The molecule has 1 N–H and O–H groups in total. The average molecular weight is 177 g/mol. The summed E-state index contributed by atoms with van der Waals surface area (Å²) in [7, 11) is 0. The van der Waals surface area contributed by atoms with Gasteiger partial charge in [-0.2, -0.15) is 24.4 Å². The lowest BCUT2D eigenvalue weighted by Gasteiger charge is -2.26. The molecule has 0 aliphatic carbocycles. The van der Waals surface area contributed by atoms with Crippen LogP contribution in [0, 0.1) is 0 Å². The van der Waals surface area contributed by atoms with Crippen LogP contribution in [0.2, 0.25) is 0 Å². The van der Waals surface area contributed by atoms with E-state index in [9.17, 15) is 0 Å². The number of hydrogen-bond donors (Lipinski definition) is 2. The lowest BCUT2D eigenvalue weighted by Crippen LogP contribution is -2.37. The van der Waals surface area contributed by atoms with Crippen LogP contribution in [-0.2, 0) is 0 Å². The van der Waals surface area contributed by atoms with Crippen molar-refractivity contribution in [1.82, 2.24) is 5.32 Å². The highest BCUT2D eigenvalue weighted by atomic mass is 32.2. The summed E-state index contributed by atoms with van der Waals surface area (Å²) in [6.07, 6.45) is 1.18. The third-order valence-electron chi connectivity index (χ3n) is 1.80. The molecule has 0 amide bonds. The molecule has 0 aromatic carbocycles. The summed E-state index contributed by atoms with van der Waals surface area (Å²) in [6.45, 7) is 4.52. The predicted molar refractivity (Wildman–Crippen MR) is 52.2 cm³/mol. The maximum atomic E-state index is 4.51. The summed E-state index contributed by atoms with van der Waals surface area (Å²) < 4.78 is 0. The number of thiol groups is 1. The first-order valence-electron chi connectivity index (χ1n) is 3.85. The molecule has 0 radical (unpaired) electrons. The van der Waals surface area contributed by atoms with E-state index in [0.717, 1.165) is 11.8 Å². The molecule has 2 atom stereocenters. The van der Waals surface area contributed by atoms with Crippen LogP contribution in [-0.4, -0.2) is 29.3 Å². The summed E-state index contributed by atoms with van der Waals surface area (Å²) >= 11 is 6.57. The van der Waals surface area contributed by atoms with Crippen LogP contribution in [0.4, 0.5) is 0 Å². The largest absolute Gasteiger partial charge is 0.315 e. The quantitative estimate of drug-likeness (QED) is 0.618. The highest BCUT2D eigenvalue weighted by Crippen LogP contribution is 2.22. The summed E-state index contributed by atoms with van der Waals surface area (Å²) in [4.78, 5) is 0. The molecule has 1 heterocycles. The third kappa shape index (κ3) is 2.36. The molecule has 1 rings (SSSR count). The van der Waals surface area contributed by atoms with Crippen molar-refractivity contribution in [2.75, 3.05) is 18.8 Å². The highest BCUT2D eigenvalue weighted by Gasteiger charge is 2.18. The maximum Gasteiger partial charge on any atom is 0.0289 e. The minimum absolute atomic E-state index is 0.581. The van der Waals surface area contributed by atoms with Gasteiger partial charge in [0.15, 0.2) is 0 Å². The fraction of sp³-hybridized carbons (Fsp3) is 1.00. The highest BCUT2D eigenvalue weighted by molar-refractivity contribution is 8.00. The van der Waals surface area contributed by atoms with Crippen molar-refractivity contribution in [1.29, 1.82) is 0 Å². The van der Waals surface area contributed by atoms with Gasteiger partial charge in [0.1, 0.15) is 0 Å². The summed E-state index contributed by atoms with van der Waals surface area (Å²) in [5, 5.41) is 4.70. The van der Waals surface area contributed by atoms with Gasteiger partial charge < -0.3 is 5.32 Å². The van der Waals surface area contributed by atoms with E-state index in [2.05, 4.69) is 36.6 Å². The van der Waals surface area contributed by atoms with E-state index in [0.29, 0.717) is 5.25 Å². The van der Waals surface area contributed by atoms with Gasteiger partial charge >= 0.3 is 0 Å². The molecule has 1 aliphatic rings. The molecule has 1 saturated heterocycles.